The molecule has 2 unspecified atom stereocenters. The number of amides is 1. The summed E-state index contributed by atoms with van der Waals surface area (Å²) in [6, 6.07) is 2.51. The smallest absolute Gasteiger partial charge is 0.248 e. The van der Waals surface area contributed by atoms with Gasteiger partial charge in [0.25, 0.3) is 0 Å². The van der Waals surface area contributed by atoms with Crippen molar-refractivity contribution in [3.05, 3.63) is 41.3 Å². The first-order valence-corrected chi connectivity index (χ1v) is 11.3. The fourth-order valence-corrected chi connectivity index (χ4v) is 5.37. The summed E-state index contributed by atoms with van der Waals surface area (Å²) >= 11 is 0. The van der Waals surface area contributed by atoms with Gasteiger partial charge in [0.15, 0.2) is 17.3 Å². The van der Waals surface area contributed by atoms with Crippen molar-refractivity contribution in [3.8, 4) is 5.75 Å². The van der Waals surface area contributed by atoms with Crippen molar-refractivity contribution < 1.29 is 31.3 Å². The third-order valence-electron chi connectivity index (χ3n) is 5.09. The summed E-state index contributed by atoms with van der Waals surface area (Å²) in [5.74, 6) is -2.28. The lowest BCUT2D eigenvalue weighted by molar-refractivity contribution is -0.126. The van der Waals surface area contributed by atoms with Gasteiger partial charge in [-0.15, -0.1) is 0 Å². The molecule has 31 heavy (non-hydrogen) atoms. The molecule has 170 valence electrons. The minimum absolute atomic E-state index is 0.0257. The summed E-state index contributed by atoms with van der Waals surface area (Å²) in [5, 5.41) is 6.47. The van der Waals surface area contributed by atoms with Gasteiger partial charge in [-0.2, -0.15) is 4.31 Å². The number of hydrogen-bond donors (Lipinski definition) is 1. The topological polar surface area (TPSA) is 102 Å². The van der Waals surface area contributed by atoms with Crippen LogP contribution in [0.15, 0.2) is 27.6 Å². The minimum Gasteiger partial charge on any atom is -0.488 e. The first-order valence-electron chi connectivity index (χ1n) is 9.91. The van der Waals surface area contributed by atoms with Crippen LogP contribution in [-0.2, 0) is 14.8 Å². The SMILES string of the molecule is Cc1noc(C)c1S(=O)(=O)N1CCCC(C(=O)NC(C)COc2ccc(F)cc2F)C1. The molecule has 1 aliphatic rings. The highest BCUT2D eigenvalue weighted by Crippen LogP contribution is 2.28. The predicted molar refractivity (Wildman–Crippen MR) is 107 cm³/mol. The number of piperidine rings is 1. The normalized spacial score (nSPS) is 18.5. The maximum Gasteiger partial charge on any atom is 0.248 e. The number of carbonyl (C=O) groups excluding carboxylic acids is 1. The quantitative estimate of drug-likeness (QED) is 0.686. The largest absolute Gasteiger partial charge is 0.488 e. The van der Waals surface area contributed by atoms with Crippen LogP contribution in [-0.4, -0.2) is 49.5 Å². The molecule has 1 amide bonds. The number of halogens is 2. The van der Waals surface area contributed by atoms with Crippen LogP contribution in [0, 0.1) is 31.4 Å². The van der Waals surface area contributed by atoms with Crippen molar-refractivity contribution in [1.29, 1.82) is 0 Å². The number of sulfonamides is 1. The molecule has 0 spiro atoms. The van der Waals surface area contributed by atoms with Crippen molar-refractivity contribution in [3.63, 3.8) is 0 Å². The van der Waals surface area contributed by atoms with Gasteiger partial charge in [-0.1, -0.05) is 5.16 Å². The van der Waals surface area contributed by atoms with Crippen molar-refractivity contribution in [2.45, 2.75) is 44.6 Å². The fraction of sp³-hybridized carbons (Fsp3) is 0.500. The highest BCUT2D eigenvalue weighted by atomic mass is 32.2. The Kier molecular flexibility index (Phi) is 6.95. The first-order chi connectivity index (χ1) is 14.6. The van der Waals surface area contributed by atoms with Crippen molar-refractivity contribution in [2.75, 3.05) is 19.7 Å². The molecule has 1 saturated heterocycles. The first kappa shape index (κ1) is 23.1. The number of ether oxygens (including phenoxy) is 1. The lowest BCUT2D eigenvalue weighted by Crippen LogP contribution is -2.48. The lowest BCUT2D eigenvalue weighted by Gasteiger charge is -2.31. The van der Waals surface area contributed by atoms with E-state index < -0.39 is 33.6 Å². The fourth-order valence-electron chi connectivity index (χ4n) is 3.56. The van der Waals surface area contributed by atoms with Gasteiger partial charge in [0.2, 0.25) is 15.9 Å². The number of nitrogens with one attached hydrogen (secondary N) is 1. The Hall–Kier alpha value is -2.53. The van der Waals surface area contributed by atoms with Crippen LogP contribution in [0.25, 0.3) is 0 Å². The molecule has 11 heteroatoms. The van der Waals surface area contributed by atoms with Crippen LogP contribution in [0.3, 0.4) is 0 Å². The number of aryl methyl sites for hydroxylation is 2. The summed E-state index contributed by atoms with van der Waals surface area (Å²) in [5.41, 5.74) is 0.280. The third kappa shape index (κ3) is 5.21. The number of hydrogen-bond acceptors (Lipinski definition) is 6. The number of carbonyl (C=O) groups is 1. The summed E-state index contributed by atoms with van der Waals surface area (Å²) in [6.07, 6.45) is 1.08. The van der Waals surface area contributed by atoms with Crippen LogP contribution in [0.4, 0.5) is 8.78 Å². The zero-order valence-corrected chi connectivity index (χ0v) is 18.3. The second kappa shape index (κ2) is 9.31. The van der Waals surface area contributed by atoms with E-state index in [0.29, 0.717) is 25.5 Å². The highest BCUT2D eigenvalue weighted by Gasteiger charge is 2.36. The van der Waals surface area contributed by atoms with E-state index in [-0.39, 0.29) is 41.2 Å². The van der Waals surface area contributed by atoms with Crippen LogP contribution >= 0.6 is 0 Å². The maximum absolute atomic E-state index is 13.7. The standard InChI is InChI=1S/C20H25F2N3O5S/c1-12(11-29-18-7-6-16(21)9-17(18)22)23-20(26)15-5-4-8-25(10-15)31(27,28)19-13(2)24-30-14(19)3/h6-7,9,12,15H,4-5,8,10-11H2,1-3H3,(H,23,26). The predicted octanol–water partition coefficient (Wildman–Crippen LogP) is 2.55. The molecular formula is C20H25F2N3O5S. The summed E-state index contributed by atoms with van der Waals surface area (Å²) in [6.45, 7) is 5.09. The van der Waals surface area contributed by atoms with Crippen molar-refractivity contribution in [2.24, 2.45) is 5.92 Å². The zero-order chi connectivity index (χ0) is 22.8. The van der Waals surface area contributed by atoms with E-state index in [0.717, 1.165) is 6.07 Å². The zero-order valence-electron chi connectivity index (χ0n) is 17.5. The molecule has 1 aromatic carbocycles. The number of rotatable bonds is 7. The maximum atomic E-state index is 13.7. The van der Waals surface area contributed by atoms with Crippen LogP contribution in [0.5, 0.6) is 5.75 Å². The second-order valence-corrected chi connectivity index (χ2v) is 9.53. The van der Waals surface area contributed by atoms with E-state index in [9.17, 15) is 22.0 Å². The average molecular weight is 457 g/mol. The van der Waals surface area contributed by atoms with Gasteiger partial charge in [0.05, 0.1) is 12.0 Å². The Bertz CT molecular complexity index is 1040. The molecule has 0 aliphatic carbocycles. The van der Waals surface area contributed by atoms with E-state index in [4.69, 9.17) is 9.26 Å². The summed E-state index contributed by atoms with van der Waals surface area (Å²) in [7, 11) is -3.83. The van der Waals surface area contributed by atoms with Gasteiger partial charge in [-0.3, -0.25) is 4.79 Å². The number of aromatic nitrogens is 1. The molecule has 8 nitrogen and oxygen atoms in total. The molecule has 1 aromatic heterocycles. The molecule has 1 N–H and O–H groups in total. The van der Waals surface area contributed by atoms with Crippen molar-refractivity contribution in [1.82, 2.24) is 14.8 Å². The van der Waals surface area contributed by atoms with E-state index >= 15 is 0 Å². The van der Waals surface area contributed by atoms with E-state index in [1.165, 1.54) is 17.3 Å². The number of benzene rings is 1. The summed E-state index contributed by atoms with van der Waals surface area (Å²) < 4.78 is 64.2. The van der Waals surface area contributed by atoms with Crippen LogP contribution in [0.1, 0.15) is 31.2 Å². The van der Waals surface area contributed by atoms with E-state index in [2.05, 4.69) is 10.5 Å². The van der Waals surface area contributed by atoms with Gasteiger partial charge < -0.3 is 14.6 Å². The third-order valence-corrected chi connectivity index (χ3v) is 7.20. The Morgan fingerprint density at radius 2 is 2.13 bits per heavy atom. The molecule has 0 bridgehead atoms. The molecule has 0 radical (unpaired) electrons. The molecular weight excluding hydrogens is 432 g/mol. The molecule has 3 rings (SSSR count). The molecule has 1 aliphatic heterocycles. The Labute approximate surface area is 179 Å². The second-order valence-electron chi connectivity index (χ2n) is 7.65. The molecule has 2 heterocycles. The number of nitrogens with zero attached hydrogens (tertiary/aromatic N) is 2. The van der Waals surface area contributed by atoms with Crippen molar-refractivity contribution >= 4 is 15.9 Å². The molecule has 2 atom stereocenters. The highest BCUT2D eigenvalue weighted by molar-refractivity contribution is 7.89. The van der Waals surface area contributed by atoms with Gasteiger partial charge in [-0.25, -0.2) is 17.2 Å². The monoisotopic (exact) mass is 457 g/mol. The van der Waals surface area contributed by atoms with E-state index in [1.807, 2.05) is 0 Å². The van der Waals surface area contributed by atoms with Crippen LogP contribution in [0.2, 0.25) is 0 Å². The Morgan fingerprint density at radius 3 is 2.77 bits per heavy atom. The molecule has 2 aromatic rings. The van der Waals surface area contributed by atoms with Gasteiger partial charge >= 0.3 is 0 Å². The molecule has 0 saturated carbocycles. The van der Waals surface area contributed by atoms with Crippen LogP contribution < -0.4 is 10.1 Å². The van der Waals surface area contributed by atoms with Gasteiger partial charge in [0, 0.05) is 19.2 Å². The molecule has 1 fully saturated rings. The average Bonchev–Trinajstić information content (AvgIpc) is 3.06. The Balaban J connectivity index is 1.59. The minimum atomic E-state index is -3.83. The van der Waals surface area contributed by atoms with Gasteiger partial charge in [-0.05, 0) is 45.7 Å². The lowest BCUT2D eigenvalue weighted by atomic mass is 9.98. The van der Waals surface area contributed by atoms with E-state index in [1.54, 1.807) is 13.8 Å². The Morgan fingerprint density at radius 1 is 1.39 bits per heavy atom. The summed E-state index contributed by atoms with van der Waals surface area (Å²) in [4.78, 5) is 12.7. The van der Waals surface area contributed by atoms with Gasteiger partial charge in [0.1, 0.15) is 23.0 Å².